The average Bonchev–Trinajstić information content (AvgIpc) is 3.11. The maximum absolute atomic E-state index is 11.6. The predicted molar refractivity (Wildman–Crippen MR) is 67.1 cm³/mol. The van der Waals surface area contributed by atoms with Crippen molar-refractivity contribution >= 4 is 15.9 Å². The number of primary sulfonamides is 1. The van der Waals surface area contributed by atoms with Gasteiger partial charge in [-0.3, -0.25) is 4.79 Å². The summed E-state index contributed by atoms with van der Waals surface area (Å²) < 4.78 is 22.2. The summed E-state index contributed by atoms with van der Waals surface area (Å²) >= 11 is 0. The third-order valence-corrected chi connectivity index (χ3v) is 3.94. The van der Waals surface area contributed by atoms with Crippen LogP contribution in [0.1, 0.15) is 31.4 Å². The van der Waals surface area contributed by atoms with Gasteiger partial charge in [0.15, 0.2) is 0 Å². The number of benzene rings is 1. The fourth-order valence-electron chi connectivity index (χ4n) is 1.71. The first-order valence-electron chi connectivity index (χ1n) is 5.81. The van der Waals surface area contributed by atoms with E-state index < -0.39 is 10.0 Å². The van der Waals surface area contributed by atoms with Crippen molar-refractivity contribution < 1.29 is 13.2 Å². The van der Waals surface area contributed by atoms with E-state index in [4.69, 9.17) is 5.14 Å². The van der Waals surface area contributed by atoms with Gasteiger partial charge in [0.2, 0.25) is 15.9 Å². The molecule has 1 fully saturated rings. The maximum Gasteiger partial charge on any atom is 0.238 e. The number of rotatable bonds is 4. The molecule has 0 aliphatic heterocycles. The lowest BCUT2D eigenvalue weighted by molar-refractivity contribution is -0.122. The topological polar surface area (TPSA) is 89.3 Å². The molecule has 0 unspecified atom stereocenters. The Morgan fingerprint density at radius 2 is 1.89 bits per heavy atom. The molecule has 0 radical (unpaired) electrons. The van der Waals surface area contributed by atoms with E-state index in [2.05, 4.69) is 5.32 Å². The second kappa shape index (κ2) is 4.70. The molecule has 0 aromatic heterocycles. The van der Waals surface area contributed by atoms with Crippen molar-refractivity contribution in [2.75, 3.05) is 0 Å². The van der Waals surface area contributed by atoms with Crippen LogP contribution in [0.5, 0.6) is 0 Å². The van der Waals surface area contributed by atoms with Gasteiger partial charge < -0.3 is 5.32 Å². The van der Waals surface area contributed by atoms with Crippen LogP contribution in [0.4, 0.5) is 0 Å². The van der Waals surface area contributed by atoms with Gasteiger partial charge in [-0.05, 0) is 37.5 Å². The average molecular weight is 268 g/mol. The van der Waals surface area contributed by atoms with Crippen molar-refractivity contribution in [1.29, 1.82) is 0 Å². The summed E-state index contributed by atoms with van der Waals surface area (Å²) in [6.45, 7) is 1.87. The van der Waals surface area contributed by atoms with E-state index in [1.165, 1.54) is 12.1 Å². The first-order valence-corrected chi connectivity index (χ1v) is 7.35. The zero-order chi connectivity index (χ0) is 13.3. The second-order valence-corrected chi connectivity index (χ2v) is 6.18. The number of carbonyl (C=O) groups is 1. The quantitative estimate of drug-likeness (QED) is 0.851. The largest absolute Gasteiger partial charge is 0.349 e. The van der Waals surface area contributed by atoms with Gasteiger partial charge >= 0.3 is 0 Å². The van der Waals surface area contributed by atoms with Crippen molar-refractivity contribution in [3.63, 3.8) is 0 Å². The van der Waals surface area contributed by atoms with Crippen LogP contribution in [-0.4, -0.2) is 14.3 Å². The lowest BCUT2D eigenvalue weighted by Crippen LogP contribution is -2.27. The first-order chi connectivity index (χ1) is 8.38. The minimum atomic E-state index is -3.66. The van der Waals surface area contributed by atoms with Gasteiger partial charge in [-0.2, -0.15) is 0 Å². The van der Waals surface area contributed by atoms with Gasteiger partial charge in [-0.1, -0.05) is 12.1 Å². The molecule has 0 bridgehead atoms. The van der Waals surface area contributed by atoms with E-state index in [9.17, 15) is 13.2 Å². The Labute approximate surface area is 106 Å². The molecule has 1 saturated carbocycles. The zero-order valence-electron chi connectivity index (χ0n) is 10.1. The van der Waals surface area contributed by atoms with Crippen LogP contribution in [0.25, 0.3) is 0 Å². The van der Waals surface area contributed by atoms with Crippen LogP contribution in [0.2, 0.25) is 0 Å². The van der Waals surface area contributed by atoms with Gasteiger partial charge in [0.25, 0.3) is 0 Å². The highest BCUT2D eigenvalue weighted by Crippen LogP contribution is 2.29. The van der Waals surface area contributed by atoms with E-state index in [0.29, 0.717) is 0 Å². The molecule has 5 nitrogen and oxygen atoms in total. The molecule has 3 N–H and O–H groups in total. The number of amides is 1. The van der Waals surface area contributed by atoms with Crippen LogP contribution < -0.4 is 10.5 Å². The Hall–Kier alpha value is -1.40. The van der Waals surface area contributed by atoms with Gasteiger partial charge in [-0.15, -0.1) is 0 Å². The molecule has 1 aromatic carbocycles. The summed E-state index contributed by atoms with van der Waals surface area (Å²) in [6, 6.07) is 6.09. The number of sulfonamides is 1. The van der Waals surface area contributed by atoms with Gasteiger partial charge in [0.1, 0.15) is 0 Å². The van der Waals surface area contributed by atoms with Gasteiger partial charge in [0.05, 0.1) is 10.9 Å². The standard InChI is InChI=1S/C12H16N2O3S/c1-8(14-12(15)10-2-3-10)9-4-6-11(7-5-9)18(13,16)17/h4-8,10H,2-3H2,1H3,(H,14,15)(H2,13,16,17)/t8-/m0/s1. The molecule has 6 heteroatoms. The number of carbonyl (C=O) groups excluding carboxylic acids is 1. The van der Waals surface area contributed by atoms with Crippen LogP contribution in [0, 0.1) is 5.92 Å². The third kappa shape index (κ3) is 3.08. The van der Waals surface area contributed by atoms with Crippen molar-refractivity contribution in [3.05, 3.63) is 29.8 Å². The fraction of sp³-hybridized carbons (Fsp3) is 0.417. The van der Waals surface area contributed by atoms with Crippen LogP contribution in [0.3, 0.4) is 0 Å². The molecule has 0 saturated heterocycles. The second-order valence-electron chi connectivity index (χ2n) is 4.62. The Morgan fingerprint density at radius 3 is 2.33 bits per heavy atom. The summed E-state index contributed by atoms with van der Waals surface area (Å²) in [5.41, 5.74) is 0.858. The summed E-state index contributed by atoms with van der Waals surface area (Å²) in [4.78, 5) is 11.7. The van der Waals surface area contributed by atoms with Crippen LogP contribution >= 0.6 is 0 Å². The van der Waals surface area contributed by atoms with Crippen molar-refractivity contribution in [2.24, 2.45) is 11.1 Å². The highest BCUT2D eigenvalue weighted by atomic mass is 32.2. The summed E-state index contributed by atoms with van der Waals surface area (Å²) in [7, 11) is -3.66. The minimum absolute atomic E-state index is 0.0676. The molecule has 0 heterocycles. The highest BCUT2D eigenvalue weighted by molar-refractivity contribution is 7.89. The summed E-state index contributed by atoms with van der Waals surface area (Å²) in [5, 5.41) is 7.91. The van der Waals surface area contributed by atoms with Crippen molar-refractivity contribution in [2.45, 2.75) is 30.7 Å². The van der Waals surface area contributed by atoms with E-state index in [-0.39, 0.29) is 22.8 Å². The molecular weight excluding hydrogens is 252 g/mol. The Balaban J connectivity index is 2.06. The molecule has 0 spiro atoms. The Morgan fingerprint density at radius 1 is 1.33 bits per heavy atom. The molecule has 1 amide bonds. The normalized spacial score (nSPS) is 17.2. The van der Waals surface area contributed by atoms with Crippen LogP contribution in [-0.2, 0) is 14.8 Å². The SMILES string of the molecule is C[C@H](NC(=O)C1CC1)c1ccc(S(N)(=O)=O)cc1. The third-order valence-electron chi connectivity index (χ3n) is 3.02. The van der Waals surface area contributed by atoms with E-state index in [1.807, 2.05) is 6.92 Å². The predicted octanol–water partition coefficient (Wildman–Crippen LogP) is 0.921. The number of hydrogen-bond acceptors (Lipinski definition) is 3. The van der Waals surface area contributed by atoms with Crippen molar-refractivity contribution in [1.82, 2.24) is 5.32 Å². The van der Waals surface area contributed by atoms with Crippen molar-refractivity contribution in [3.8, 4) is 0 Å². The molecule has 1 atom stereocenters. The lowest BCUT2D eigenvalue weighted by atomic mass is 10.1. The Kier molecular flexibility index (Phi) is 3.41. The Bertz CT molecular complexity index is 547. The molecule has 98 valence electrons. The van der Waals surface area contributed by atoms with Crippen LogP contribution in [0.15, 0.2) is 29.2 Å². The smallest absolute Gasteiger partial charge is 0.238 e. The van der Waals surface area contributed by atoms with E-state index in [1.54, 1.807) is 12.1 Å². The molecule has 1 aliphatic carbocycles. The first kappa shape index (κ1) is 13.0. The van der Waals surface area contributed by atoms with Gasteiger partial charge in [-0.25, -0.2) is 13.6 Å². The van der Waals surface area contributed by atoms with Gasteiger partial charge in [0, 0.05) is 5.92 Å². The molecule has 2 rings (SSSR count). The number of nitrogens with one attached hydrogen (secondary N) is 1. The highest BCUT2D eigenvalue weighted by Gasteiger charge is 2.30. The fourth-order valence-corrected chi connectivity index (χ4v) is 2.22. The number of nitrogens with two attached hydrogens (primary N) is 1. The number of hydrogen-bond donors (Lipinski definition) is 2. The van der Waals surface area contributed by atoms with E-state index in [0.717, 1.165) is 18.4 Å². The molecule has 18 heavy (non-hydrogen) atoms. The zero-order valence-corrected chi connectivity index (χ0v) is 10.9. The lowest BCUT2D eigenvalue weighted by Gasteiger charge is -2.14. The van der Waals surface area contributed by atoms with E-state index >= 15 is 0 Å². The molecule has 1 aromatic rings. The monoisotopic (exact) mass is 268 g/mol. The maximum atomic E-state index is 11.6. The molecular formula is C12H16N2O3S. The minimum Gasteiger partial charge on any atom is -0.349 e. The summed E-state index contributed by atoms with van der Waals surface area (Å²) in [5.74, 6) is 0.231. The summed E-state index contributed by atoms with van der Waals surface area (Å²) in [6.07, 6.45) is 1.92. The molecule has 1 aliphatic rings.